The van der Waals surface area contributed by atoms with Crippen molar-refractivity contribution in [3.8, 4) is 17.9 Å². The highest BCUT2D eigenvalue weighted by Gasteiger charge is 2.07. The Bertz CT molecular complexity index is 849. The highest BCUT2D eigenvalue weighted by molar-refractivity contribution is 5.67. The van der Waals surface area contributed by atoms with Gasteiger partial charge in [0.15, 0.2) is 11.6 Å². The number of amides is 1. The van der Waals surface area contributed by atoms with Gasteiger partial charge in [0, 0.05) is 18.5 Å². The summed E-state index contributed by atoms with van der Waals surface area (Å²) in [5.41, 5.74) is 0.939. The zero-order valence-electron chi connectivity index (χ0n) is 13.2. The van der Waals surface area contributed by atoms with Crippen LogP contribution in [0, 0.1) is 34.8 Å². The van der Waals surface area contributed by atoms with Gasteiger partial charge in [-0.2, -0.15) is 5.26 Å². The third kappa shape index (κ3) is 5.63. The number of nitriles is 1. The van der Waals surface area contributed by atoms with Crippen molar-refractivity contribution in [2.24, 2.45) is 0 Å². The smallest absolute Gasteiger partial charge is 0.407 e. The lowest BCUT2D eigenvalue weighted by atomic mass is 10.1. The maximum atomic E-state index is 13.2. The Kier molecular flexibility index (Phi) is 6.50. The van der Waals surface area contributed by atoms with E-state index in [1.165, 1.54) is 0 Å². The Hall–Kier alpha value is -3.38. The lowest BCUT2D eigenvalue weighted by molar-refractivity contribution is 0.140. The van der Waals surface area contributed by atoms with Gasteiger partial charge in [0.2, 0.25) is 0 Å². The average Bonchev–Trinajstić information content (AvgIpc) is 2.63. The molecule has 2 aromatic carbocycles. The number of halogens is 2. The molecule has 0 saturated carbocycles. The van der Waals surface area contributed by atoms with Crippen molar-refractivity contribution in [1.82, 2.24) is 5.32 Å². The van der Waals surface area contributed by atoms with Gasteiger partial charge in [-0.3, -0.25) is 0 Å². The predicted molar refractivity (Wildman–Crippen MR) is 87.2 cm³/mol. The van der Waals surface area contributed by atoms with Crippen molar-refractivity contribution in [3.63, 3.8) is 0 Å². The molecule has 0 spiro atoms. The van der Waals surface area contributed by atoms with Crippen LogP contribution in [0.25, 0.3) is 0 Å². The second-order valence-electron chi connectivity index (χ2n) is 4.96. The summed E-state index contributed by atoms with van der Waals surface area (Å²) in [7, 11) is 0. The summed E-state index contributed by atoms with van der Waals surface area (Å²) in [6.07, 6.45) is -0.305. The average molecular weight is 340 g/mol. The van der Waals surface area contributed by atoms with E-state index in [-0.39, 0.29) is 30.7 Å². The van der Waals surface area contributed by atoms with Crippen LogP contribution in [0.5, 0.6) is 0 Å². The standard InChI is InChI=1S/C19H14F2N2O2/c20-17-10-15(16(12-22)11-18(17)21)8-4-5-9-23-19(24)25-13-14-6-2-1-3-7-14/h1-3,6-7,10-11H,5,9,13H2,(H,23,24). The lowest BCUT2D eigenvalue weighted by Crippen LogP contribution is -2.24. The fourth-order valence-electron chi connectivity index (χ4n) is 1.90. The molecule has 2 rings (SSSR count). The molecule has 1 N–H and O–H groups in total. The maximum Gasteiger partial charge on any atom is 0.407 e. The predicted octanol–water partition coefficient (Wildman–Crippen LogP) is 3.50. The van der Waals surface area contributed by atoms with Gasteiger partial charge in [-0.25, -0.2) is 13.6 Å². The molecule has 0 unspecified atom stereocenters. The van der Waals surface area contributed by atoms with E-state index in [0.29, 0.717) is 0 Å². The Morgan fingerprint density at radius 1 is 1.12 bits per heavy atom. The highest BCUT2D eigenvalue weighted by Crippen LogP contribution is 2.13. The van der Waals surface area contributed by atoms with Gasteiger partial charge in [0.25, 0.3) is 0 Å². The molecule has 0 atom stereocenters. The Balaban J connectivity index is 1.78. The number of rotatable bonds is 4. The third-order valence-electron chi connectivity index (χ3n) is 3.14. The molecule has 0 aromatic heterocycles. The molecule has 25 heavy (non-hydrogen) atoms. The van der Waals surface area contributed by atoms with Crippen LogP contribution in [0.2, 0.25) is 0 Å². The van der Waals surface area contributed by atoms with E-state index in [9.17, 15) is 13.6 Å². The van der Waals surface area contributed by atoms with Gasteiger partial charge >= 0.3 is 6.09 Å². The number of hydrogen-bond acceptors (Lipinski definition) is 3. The Morgan fingerprint density at radius 3 is 2.48 bits per heavy atom. The molecular weight excluding hydrogens is 326 g/mol. The van der Waals surface area contributed by atoms with Crippen molar-refractivity contribution in [2.75, 3.05) is 6.54 Å². The van der Waals surface area contributed by atoms with Gasteiger partial charge in [-0.1, -0.05) is 42.2 Å². The summed E-state index contributed by atoms with van der Waals surface area (Å²) >= 11 is 0. The van der Waals surface area contributed by atoms with Crippen molar-refractivity contribution in [1.29, 1.82) is 5.26 Å². The molecular formula is C19H14F2N2O2. The van der Waals surface area contributed by atoms with E-state index in [4.69, 9.17) is 10.00 Å². The molecule has 1 amide bonds. The summed E-state index contributed by atoms with van der Waals surface area (Å²) in [6, 6.07) is 12.7. The van der Waals surface area contributed by atoms with Crippen LogP contribution < -0.4 is 5.32 Å². The monoisotopic (exact) mass is 340 g/mol. The summed E-state index contributed by atoms with van der Waals surface area (Å²) in [5.74, 6) is 3.13. The maximum absolute atomic E-state index is 13.2. The van der Waals surface area contributed by atoms with Gasteiger partial charge < -0.3 is 10.1 Å². The van der Waals surface area contributed by atoms with Crippen LogP contribution in [-0.2, 0) is 11.3 Å². The molecule has 0 bridgehead atoms. The molecule has 0 aliphatic rings. The second-order valence-corrected chi connectivity index (χ2v) is 4.96. The van der Waals surface area contributed by atoms with Crippen LogP contribution in [0.3, 0.4) is 0 Å². The van der Waals surface area contributed by atoms with E-state index < -0.39 is 17.7 Å². The first-order chi connectivity index (χ1) is 12.1. The van der Waals surface area contributed by atoms with E-state index in [1.54, 1.807) is 6.07 Å². The number of nitrogens with one attached hydrogen (secondary N) is 1. The first-order valence-corrected chi connectivity index (χ1v) is 7.42. The van der Waals surface area contributed by atoms with Gasteiger partial charge in [-0.15, -0.1) is 0 Å². The van der Waals surface area contributed by atoms with E-state index in [2.05, 4.69) is 17.2 Å². The zero-order valence-corrected chi connectivity index (χ0v) is 13.2. The first-order valence-electron chi connectivity index (χ1n) is 7.42. The van der Waals surface area contributed by atoms with Crippen LogP contribution in [-0.4, -0.2) is 12.6 Å². The fourth-order valence-corrected chi connectivity index (χ4v) is 1.90. The van der Waals surface area contributed by atoms with Crippen LogP contribution in [0.15, 0.2) is 42.5 Å². The SMILES string of the molecule is N#Cc1cc(F)c(F)cc1C#CCCNC(=O)OCc1ccccc1. The largest absolute Gasteiger partial charge is 0.445 e. The van der Waals surface area contributed by atoms with Crippen LogP contribution in [0.1, 0.15) is 23.1 Å². The zero-order chi connectivity index (χ0) is 18.1. The van der Waals surface area contributed by atoms with Crippen molar-refractivity contribution in [3.05, 3.63) is 70.8 Å². The molecule has 0 heterocycles. The highest BCUT2D eigenvalue weighted by atomic mass is 19.2. The second kappa shape index (κ2) is 9.05. The molecule has 0 radical (unpaired) electrons. The summed E-state index contributed by atoms with van der Waals surface area (Å²) in [6.45, 7) is 0.394. The normalized spacial score (nSPS) is 9.48. The molecule has 2 aromatic rings. The summed E-state index contributed by atoms with van der Waals surface area (Å²) < 4.78 is 31.2. The number of nitrogens with zero attached hydrogens (tertiary/aromatic N) is 1. The molecule has 0 aliphatic carbocycles. The minimum atomic E-state index is -1.09. The Labute approximate surface area is 144 Å². The number of hydrogen-bond donors (Lipinski definition) is 1. The molecule has 4 nitrogen and oxygen atoms in total. The molecule has 126 valence electrons. The van der Waals surface area contributed by atoms with Gasteiger partial charge in [0.05, 0.1) is 5.56 Å². The number of carbonyl (C=O) groups is 1. The van der Waals surface area contributed by atoms with Crippen molar-refractivity contribution < 1.29 is 18.3 Å². The fraction of sp³-hybridized carbons (Fsp3) is 0.158. The van der Waals surface area contributed by atoms with Gasteiger partial charge in [-0.05, 0) is 17.7 Å². The molecule has 0 aliphatic heterocycles. The van der Waals surface area contributed by atoms with Gasteiger partial charge in [0.1, 0.15) is 12.7 Å². The van der Waals surface area contributed by atoms with E-state index in [1.807, 2.05) is 30.3 Å². The number of benzene rings is 2. The molecule has 0 saturated heterocycles. The minimum Gasteiger partial charge on any atom is -0.445 e. The number of alkyl carbamates (subject to hydrolysis) is 1. The topological polar surface area (TPSA) is 62.1 Å². The van der Waals surface area contributed by atoms with E-state index >= 15 is 0 Å². The van der Waals surface area contributed by atoms with E-state index in [0.717, 1.165) is 17.7 Å². The first kappa shape index (κ1) is 18.0. The summed E-state index contributed by atoms with van der Waals surface area (Å²) in [4.78, 5) is 11.5. The van der Waals surface area contributed by atoms with Crippen molar-refractivity contribution >= 4 is 6.09 Å². The van der Waals surface area contributed by atoms with Crippen LogP contribution >= 0.6 is 0 Å². The molecule has 0 fully saturated rings. The number of ether oxygens (including phenoxy) is 1. The minimum absolute atomic E-state index is 0.0402. The summed E-state index contributed by atoms with van der Waals surface area (Å²) in [5, 5.41) is 11.4. The van der Waals surface area contributed by atoms with Crippen LogP contribution in [0.4, 0.5) is 13.6 Å². The third-order valence-corrected chi connectivity index (χ3v) is 3.14. The van der Waals surface area contributed by atoms with Crippen molar-refractivity contribution in [2.45, 2.75) is 13.0 Å². The molecule has 6 heteroatoms. The Morgan fingerprint density at radius 2 is 1.80 bits per heavy atom. The lowest BCUT2D eigenvalue weighted by Gasteiger charge is -2.05. The quantitative estimate of drug-likeness (QED) is 0.684. The number of carbonyl (C=O) groups excluding carboxylic acids is 1.